The summed E-state index contributed by atoms with van der Waals surface area (Å²) >= 11 is 0. The van der Waals surface area contributed by atoms with Crippen molar-refractivity contribution in [2.45, 2.75) is 39.0 Å². The van der Waals surface area contributed by atoms with Gasteiger partial charge in [-0.2, -0.15) is 0 Å². The lowest BCUT2D eigenvalue weighted by Gasteiger charge is -2.31. The van der Waals surface area contributed by atoms with Crippen LogP contribution in [0.5, 0.6) is 5.75 Å². The highest BCUT2D eigenvalue weighted by atomic mass is 16.5. The molecule has 0 atom stereocenters. The van der Waals surface area contributed by atoms with Crippen LogP contribution in [0.25, 0.3) is 0 Å². The molecule has 0 unspecified atom stereocenters. The Balaban J connectivity index is 1.53. The van der Waals surface area contributed by atoms with Gasteiger partial charge in [0.05, 0.1) is 12.3 Å². The second kappa shape index (κ2) is 7.69. The van der Waals surface area contributed by atoms with Gasteiger partial charge in [0.25, 0.3) is 0 Å². The first kappa shape index (κ1) is 16.8. The summed E-state index contributed by atoms with van der Waals surface area (Å²) in [5.41, 5.74) is 0.729. The van der Waals surface area contributed by atoms with Crippen LogP contribution in [-0.2, 0) is 9.59 Å². The van der Waals surface area contributed by atoms with Gasteiger partial charge in [0.1, 0.15) is 5.75 Å². The summed E-state index contributed by atoms with van der Waals surface area (Å²) in [7, 11) is 0. The molecule has 2 fully saturated rings. The first-order valence-electron chi connectivity index (χ1n) is 9.00. The minimum Gasteiger partial charge on any atom is -0.491 e. The van der Waals surface area contributed by atoms with Gasteiger partial charge in [-0.15, -0.1) is 0 Å². The molecule has 5 nitrogen and oxygen atoms in total. The van der Waals surface area contributed by atoms with E-state index < -0.39 is 0 Å². The Hall–Kier alpha value is -2.04. The molecule has 1 aromatic rings. The summed E-state index contributed by atoms with van der Waals surface area (Å²) in [4.78, 5) is 26.6. The van der Waals surface area contributed by atoms with Crippen molar-refractivity contribution in [1.29, 1.82) is 0 Å². The van der Waals surface area contributed by atoms with E-state index in [0.29, 0.717) is 25.4 Å². The molecule has 1 aliphatic carbocycles. The van der Waals surface area contributed by atoms with Gasteiger partial charge in [0, 0.05) is 24.9 Å². The lowest BCUT2D eigenvalue weighted by molar-refractivity contribution is -0.135. The predicted molar refractivity (Wildman–Crippen MR) is 92.9 cm³/mol. The second-order valence-electron chi connectivity index (χ2n) is 6.71. The van der Waals surface area contributed by atoms with Crippen molar-refractivity contribution in [3.63, 3.8) is 0 Å². The number of para-hydroxylation sites is 2. The molecule has 0 bridgehead atoms. The molecule has 5 heteroatoms. The minimum atomic E-state index is -0.0347. The maximum Gasteiger partial charge on any atom is 0.227 e. The van der Waals surface area contributed by atoms with Crippen LogP contribution in [0.2, 0.25) is 0 Å². The highest BCUT2D eigenvalue weighted by Gasteiger charge is 2.36. The number of hydrogen-bond acceptors (Lipinski definition) is 3. The molecule has 130 valence electrons. The number of rotatable bonds is 6. The number of hydrogen-bond donors (Lipinski definition) is 1. The van der Waals surface area contributed by atoms with Gasteiger partial charge in [-0.05, 0) is 44.2 Å². The topological polar surface area (TPSA) is 58.6 Å². The molecule has 2 aliphatic rings. The van der Waals surface area contributed by atoms with Crippen LogP contribution < -0.4 is 10.1 Å². The fraction of sp³-hybridized carbons (Fsp3) is 0.579. The van der Waals surface area contributed by atoms with Crippen molar-refractivity contribution in [2.24, 2.45) is 11.8 Å². The Morgan fingerprint density at radius 2 is 1.83 bits per heavy atom. The SMILES string of the molecule is CCCOc1ccccc1NC(=O)C1CCN(C(=O)C2CC2)CC1. The number of benzene rings is 1. The Bertz CT molecular complexity index is 590. The molecule has 1 aromatic carbocycles. The van der Waals surface area contributed by atoms with Crippen molar-refractivity contribution in [3.8, 4) is 5.75 Å². The monoisotopic (exact) mass is 330 g/mol. The van der Waals surface area contributed by atoms with Gasteiger partial charge >= 0.3 is 0 Å². The predicted octanol–water partition coefficient (Wildman–Crippen LogP) is 3.06. The smallest absolute Gasteiger partial charge is 0.227 e. The number of likely N-dealkylation sites (tertiary alicyclic amines) is 1. The average Bonchev–Trinajstić information content (AvgIpc) is 3.45. The summed E-state index contributed by atoms with van der Waals surface area (Å²) < 4.78 is 5.69. The van der Waals surface area contributed by atoms with E-state index in [1.807, 2.05) is 29.2 Å². The van der Waals surface area contributed by atoms with Gasteiger partial charge in [0.15, 0.2) is 0 Å². The summed E-state index contributed by atoms with van der Waals surface area (Å²) in [6.07, 6.45) is 4.47. The molecular formula is C19H26N2O3. The van der Waals surface area contributed by atoms with Gasteiger partial charge in [0.2, 0.25) is 11.8 Å². The number of piperidine rings is 1. The Kier molecular flexibility index (Phi) is 5.38. The molecule has 1 aliphatic heterocycles. The van der Waals surface area contributed by atoms with Crippen LogP contribution >= 0.6 is 0 Å². The van der Waals surface area contributed by atoms with Gasteiger partial charge in [-0.3, -0.25) is 9.59 Å². The zero-order chi connectivity index (χ0) is 16.9. The standard InChI is InChI=1S/C19H26N2O3/c1-2-13-24-17-6-4-3-5-16(17)20-18(22)14-9-11-21(12-10-14)19(23)15-7-8-15/h3-6,14-15H,2,7-13H2,1H3,(H,20,22). The summed E-state index contributed by atoms with van der Waals surface area (Å²) in [5.74, 6) is 1.26. The van der Waals surface area contributed by atoms with E-state index >= 15 is 0 Å². The third-order valence-electron chi connectivity index (χ3n) is 4.71. The Morgan fingerprint density at radius 1 is 1.12 bits per heavy atom. The van der Waals surface area contributed by atoms with Crippen LogP contribution in [0.4, 0.5) is 5.69 Å². The third-order valence-corrected chi connectivity index (χ3v) is 4.71. The third kappa shape index (κ3) is 4.08. The van der Waals surface area contributed by atoms with E-state index in [9.17, 15) is 9.59 Å². The van der Waals surface area contributed by atoms with E-state index in [1.165, 1.54) is 0 Å². The minimum absolute atomic E-state index is 0.0288. The number of amides is 2. The fourth-order valence-electron chi connectivity index (χ4n) is 3.09. The van der Waals surface area contributed by atoms with Crippen LogP contribution in [0.15, 0.2) is 24.3 Å². The van der Waals surface area contributed by atoms with Crippen molar-refractivity contribution in [2.75, 3.05) is 25.0 Å². The van der Waals surface area contributed by atoms with E-state index in [1.54, 1.807) is 0 Å². The molecule has 0 aromatic heterocycles. The average molecular weight is 330 g/mol. The molecule has 3 rings (SSSR count). The summed E-state index contributed by atoms with van der Waals surface area (Å²) in [5, 5.41) is 3.00. The number of carbonyl (C=O) groups excluding carboxylic acids is 2. The molecular weight excluding hydrogens is 304 g/mol. The molecule has 1 saturated heterocycles. The molecule has 0 radical (unpaired) electrons. The molecule has 1 heterocycles. The van der Waals surface area contributed by atoms with Crippen molar-refractivity contribution in [3.05, 3.63) is 24.3 Å². The van der Waals surface area contributed by atoms with E-state index in [4.69, 9.17) is 4.74 Å². The van der Waals surface area contributed by atoms with E-state index in [2.05, 4.69) is 12.2 Å². The fourth-order valence-corrected chi connectivity index (χ4v) is 3.09. The van der Waals surface area contributed by atoms with Crippen LogP contribution in [-0.4, -0.2) is 36.4 Å². The van der Waals surface area contributed by atoms with Gasteiger partial charge in [-0.1, -0.05) is 19.1 Å². The summed E-state index contributed by atoms with van der Waals surface area (Å²) in [6, 6.07) is 7.55. The quantitative estimate of drug-likeness (QED) is 0.872. The van der Waals surface area contributed by atoms with Crippen LogP contribution in [0, 0.1) is 11.8 Å². The van der Waals surface area contributed by atoms with Crippen LogP contribution in [0.1, 0.15) is 39.0 Å². The first-order valence-corrected chi connectivity index (χ1v) is 9.00. The van der Waals surface area contributed by atoms with Gasteiger partial charge < -0.3 is 15.0 Å². The molecule has 0 spiro atoms. The summed E-state index contributed by atoms with van der Waals surface area (Å²) in [6.45, 7) is 4.08. The largest absolute Gasteiger partial charge is 0.491 e. The second-order valence-corrected chi connectivity index (χ2v) is 6.71. The van der Waals surface area contributed by atoms with E-state index in [0.717, 1.165) is 37.8 Å². The number of nitrogens with zero attached hydrogens (tertiary/aromatic N) is 1. The van der Waals surface area contributed by atoms with Crippen molar-refractivity contribution in [1.82, 2.24) is 4.90 Å². The van der Waals surface area contributed by atoms with Crippen molar-refractivity contribution < 1.29 is 14.3 Å². The molecule has 1 N–H and O–H groups in total. The zero-order valence-corrected chi connectivity index (χ0v) is 14.3. The molecule has 2 amide bonds. The number of anilines is 1. The molecule has 1 saturated carbocycles. The maximum absolute atomic E-state index is 12.5. The van der Waals surface area contributed by atoms with E-state index in [-0.39, 0.29) is 23.7 Å². The number of nitrogens with one attached hydrogen (secondary N) is 1. The van der Waals surface area contributed by atoms with Crippen molar-refractivity contribution >= 4 is 17.5 Å². The number of carbonyl (C=O) groups is 2. The first-order chi connectivity index (χ1) is 11.7. The zero-order valence-electron chi connectivity index (χ0n) is 14.3. The highest BCUT2D eigenvalue weighted by molar-refractivity contribution is 5.94. The number of ether oxygens (including phenoxy) is 1. The maximum atomic E-state index is 12.5. The lowest BCUT2D eigenvalue weighted by atomic mass is 9.95. The Morgan fingerprint density at radius 3 is 2.50 bits per heavy atom. The molecule has 24 heavy (non-hydrogen) atoms. The Labute approximate surface area is 143 Å². The van der Waals surface area contributed by atoms with Gasteiger partial charge in [-0.25, -0.2) is 0 Å². The highest BCUT2D eigenvalue weighted by Crippen LogP contribution is 2.33. The lowest BCUT2D eigenvalue weighted by Crippen LogP contribution is -2.42. The normalized spacial score (nSPS) is 18.3. The van der Waals surface area contributed by atoms with Crippen LogP contribution in [0.3, 0.4) is 0 Å².